The molecule has 0 saturated heterocycles. The Morgan fingerprint density at radius 2 is 1.83 bits per heavy atom. The van der Waals surface area contributed by atoms with E-state index in [2.05, 4.69) is 9.98 Å². The summed E-state index contributed by atoms with van der Waals surface area (Å²) < 4.78 is 1.90. The van der Waals surface area contributed by atoms with Gasteiger partial charge in [-0.05, 0) is 30.7 Å². The van der Waals surface area contributed by atoms with Gasteiger partial charge in [-0.15, -0.1) is 0 Å². The van der Waals surface area contributed by atoms with Gasteiger partial charge in [-0.3, -0.25) is 9.59 Å². The first-order chi connectivity index (χ1) is 11.6. The maximum absolute atomic E-state index is 12.3. The van der Waals surface area contributed by atoms with Gasteiger partial charge in [-0.2, -0.15) is 4.99 Å². The third-order valence-electron chi connectivity index (χ3n) is 3.65. The van der Waals surface area contributed by atoms with Gasteiger partial charge < -0.3 is 9.55 Å². The summed E-state index contributed by atoms with van der Waals surface area (Å²) in [5, 5.41) is 0. The van der Waals surface area contributed by atoms with Crippen LogP contribution in [0.4, 0.5) is 0 Å². The van der Waals surface area contributed by atoms with Crippen molar-refractivity contribution in [2.75, 3.05) is 0 Å². The topological polar surface area (TPSA) is 67.2 Å². The van der Waals surface area contributed by atoms with E-state index in [0.717, 1.165) is 5.56 Å². The van der Waals surface area contributed by atoms with Gasteiger partial charge in [0.1, 0.15) is 11.2 Å². The van der Waals surface area contributed by atoms with Crippen LogP contribution in [0.5, 0.6) is 0 Å². The van der Waals surface area contributed by atoms with Crippen LogP contribution in [-0.2, 0) is 6.54 Å². The van der Waals surface area contributed by atoms with Gasteiger partial charge in [0.05, 0.1) is 0 Å². The van der Waals surface area contributed by atoms with Crippen molar-refractivity contribution in [2.24, 2.45) is 4.99 Å². The molecule has 0 radical (unpaired) electrons. The van der Waals surface area contributed by atoms with Gasteiger partial charge >= 0.3 is 0 Å². The second kappa shape index (κ2) is 6.91. The first kappa shape index (κ1) is 15.7. The third-order valence-corrected chi connectivity index (χ3v) is 3.65. The fraction of sp³-hybridized carbons (Fsp3) is 0.105. The number of pyridine rings is 1. The zero-order chi connectivity index (χ0) is 16.9. The number of rotatable bonds is 4. The number of nitrogens with zero attached hydrogens (tertiary/aromatic N) is 2. The molecule has 5 heteroatoms. The highest BCUT2D eigenvalue weighted by atomic mass is 16.1. The summed E-state index contributed by atoms with van der Waals surface area (Å²) in [7, 11) is 0. The highest BCUT2D eigenvalue weighted by Gasteiger charge is 2.09. The number of H-pyrrole nitrogens is 1. The van der Waals surface area contributed by atoms with Gasteiger partial charge in [0.15, 0.2) is 5.78 Å². The molecule has 0 bridgehead atoms. The van der Waals surface area contributed by atoms with Gasteiger partial charge in [0, 0.05) is 24.5 Å². The van der Waals surface area contributed by atoms with Crippen LogP contribution in [0.15, 0.2) is 72.0 Å². The van der Waals surface area contributed by atoms with Crippen molar-refractivity contribution in [3.63, 3.8) is 0 Å². The molecule has 0 saturated carbocycles. The van der Waals surface area contributed by atoms with E-state index in [9.17, 15) is 9.59 Å². The average molecular weight is 319 g/mol. The lowest BCUT2D eigenvalue weighted by molar-refractivity contribution is 0.0992. The molecular weight excluding hydrogens is 302 g/mol. The Morgan fingerprint density at radius 3 is 2.54 bits per heavy atom. The van der Waals surface area contributed by atoms with Crippen LogP contribution in [0, 0.1) is 0 Å². The second-order valence-corrected chi connectivity index (χ2v) is 5.45. The van der Waals surface area contributed by atoms with Crippen molar-refractivity contribution in [3.05, 3.63) is 89.3 Å². The average Bonchev–Trinajstić information content (AvgIpc) is 3.08. The van der Waals surface area contributed by atoms with Crippen LogP contribution < -0.4 is 5.49 Å². The predicted molar refractivity (Wildman–Crippen MR) is 90.7 cm³/mol. The Balaban J connectivity index is 1.92. The molecule has 0 fully saturated rings. The first-order valence-electron chi connectivity index (χ1n) is 7.61. The lowest BCUT2D eigenvalue weighted by Crippen LogP contribution is -2.22. The van der Waals surface area contributed by atoms with Crippen molar-refractivity contribution in [3.8, 4) is 0 Å². The van der Waals surface area contributed by atoms with Crippen molar-refractivity contribution >= 4 is 11.7 Å². The monoisotopic (exact) mass is 319 g/mol. The van der Waals surface area contributed by atoms with E-state index in [-0.39, 0.29) is 5.78 Å². The SMILES string of the molecule is CC(=O)c1c[nH]c(C(=O)N=c2ccccn2Cc2ccccc2)c1. The molecule has 24 heavy (non-hydrogen) atoms. The quantitative estimate of drug-likeness (QED) is 0.751. The number of hydrogen-bond donors (Lipinski definition) is 1. The molecule has 3 aromatic rings. The largest absolute Gasteiger partial charge is 0.356 e. The molecule has 0 atom stereocenters. The molecule has 0 aliphatic heterocycles. The zero-order valence-electron chi connectivity index (χ0n) is 13.3. The Bertz CT molecular complexity index is 936. The van der Waals surface area contributed by atoms with Gasteiger partial charge in [-0.25, -0.2) is 0 Å². The number of carbonyl (C=O) groups is 2. The number of nitrogens with one attached hydrogen (secondary N) is 1. The van der Waals surface area contributed by atoms with Crippen molar-refractivity contribution in [2.45, 2.75) is 13.5 Å². The lowest BCUT2D eigenvalue weighted by atomic mass is 10.2. The maximum Gasteiger partial charge on any atom is 0.295 e. The Hall–Kier alpha value is -3.21. The molecule has 0 spiro atoms. The fourth-order valence-electron chi connectivity index (χ4n) is 2.37. The minimum Gasteiger partial charge on any atom is -0.356 e. The van der Waals surface area contributed by atoms with E-state index in [1.165, 1.54) is 19.2 Å². The summed E-state index contributed by atoms with van der Waals surface area (Å²) in [4.78, 5) is 30.6. The van der Waals surface area contributed by atoms with Crippen LogP contribution in [0.1, 0.15) is 33.3 Å². The predicted octanol–water partition coefficient (Wildman–Crippen LogP) is 2.81. The fourth-order valence-corrected chi connectivity index (χ4v) is 2.37. The van der Waals surface area contributed by atoms with Crippen LogP contribution in [0.3, 0.4) is 0 Å². The molecular formula is C19H17N3O2. The molecule has 0 unspecified atom stereocenters. The molecule has 5 nitrogen and oxygen atoms in total. The van der Waals surface area contributed by atoms with E-state index in [1.54, 1.807) is 6.07 Å². The normalized spacial score (nSPS) is 11.5. The number of aromatic nitrogens is 2. The van der Waals surface area contributed by atoms with E-state index >= 15 is 0 Å². The number of benzene rings is 1. The van der Waals surface area contributed by atoms with Crippen LogP contribution in [0.2, 0.25) is 0 Å². The van der Waals surface area contributed by atoms with Crippen LogP contribution in [0.25, 0.3) is 0 Å². The molecule has 1 N–H and O–H groups in total. The molecule has 1 aromatic carbocycles. The highest BCUT2D eigenvalue weighted by molar-refractivity contribution is 5.99. The summed E-state index contributed by atoms with van der Waals surface area (Å²) >= 11 is 0. The van der Waals surface area contributed by atoms with Crippen molar-refractivity contribution in [1.82, 2.24) is 9.55 Å². The molecule has 2 heterocycles. The minimum absolute atomic E-state index is 0.0934. The van der Waals surface area contributed by atoms with Gasteiger partial charge in [0.2, 0.25) is 0 Å². The Morgan fingerprint density at radius 1 is 1.08 bits per heavy atom. The molecule has 3 rings (SSSR count). The lowest BCUT2D eigenvalue weighted by Gasteiger charge is -2.07. The van der Waals surface area contributed by atoms with E-state index in [1.807, 2.05) is 53.2 Å². The smallest absolute Gasteiger partial charge is 0.295 e. The number of carbonyl (C=O) groups excluding carboxylic acids is 2. The molecule has 0 aliphatic carbocycles. The van der Waals surface area contributed by atoms with Crippen LogP contribution >= 0.6 is 0 Å². The number of aromatic amines is 1. The van der Waals surface area contributed by atoms with Crippen LogP contribution in [-0.4, -0.2) is 21.2 Å². The van der Waals surface area contributed by atoms with E-state index in [0.29, 0.717) is 23.3 Å². The van der Waals surface area contributed by atoms with Crippen molar-refractivity contribution in [1.29, 1.82) is 0 Å². The van der Waals surface area contributed by atoms with E-state index < -0.39 is 5.91 Å². The number of amides is 1. The number of Topliss-reactive ketones (excluding diaryl/α,β-unsaturated/α-hetero) is 1. The molecule has 1 amide bonds. The summed E-state index contributed by atoms with van der Waals surface area (Å²) in [5.41, 5.74) is 2.45. The summed E-state index contributed by atoms with van der Waals surface area (Å²) in [6.07, 6.45) is 3.41. The van der Waals surface area contributed by atoms with E-state index in [4.69, 9.17) is 0 Å². The third kappa shape index (κ3) is 3.57. The maximum atomic E-state index is 12.3. The molecule has 0 aliphatic rings. The minimum atomic E-state index is -0.407. The number of ketones is 1. The summed E-state index contributed by atoms with van der Waals surface area (Å²) in [6.45, 7) is 2.08. The van der Waals surface area contributed by atoms with Crippen molar-refractivity contribution < 1.29 is 9.59 Å². The first-order valence-corrected chi connectivity index (χ1v) is 7.61. The Labute approximate surface area is 139 Å². The highest BCUT2D eigenvalue weighted by Crippen LogP contribution is 2.05. The summed E-state index contributed by atoms with van der Waals surface area (Å²) in [6, 6.07) is 17.0. The second-order valence-electron chi connectivity index (χ2n) is 5.45. The number of hydrogen-bond acceptors (Lipinski definition) is 2. The Kier molecular flexibility index (Phi) is 4.52. The zero-order valence-corrected chi connectivity index (χ0v) is 13.3. The molecule has 2 aromatic heterocycles. The standard InChI is InChI=1S/C19H17N3O2/c1-14(23)16-11-17(20-12-16)19(24)21-18-9-5-6-10-22(18)13-15-7-3-2-4-8-15/h2-12,20H,13H2,1H3. The van der Waals surface area contributed by atoms with Gasteiger partial charge in [-0.1, -0.05) is 36.4 Å². The van der Waals surface area contributed by atoms with Gasteiger partial charge in [0.25, 0.3) is 5.91 Å². The molecule has 120 valence electrons. The summed E-state index contributed by atoms with van der Waals surface area (Å²) in [5.74, 6) is -0.500.